The van der Waals surface area contributed by atoms with Crippen LogP contribution < -0.4 is 4.74 Å². The Balaban J connectivity index is 3.46. The molecular formula is C9H3BrF3NO3. The Hall–Kier alpha value is -1.75. The van der Waals surface area contributed by atoms with Crippen LogP contribution in [0.2, 0.25) is 0 Å². The van der Waals surface area contributed by atoms with Crippen molar-refractivity contribution in [3.63, 3.8) is 0 Å². The van der Waals surface area contributed by atoms with Crippen LogP contribution >= 0.6 is 15.9 Å². The standard InChI is InChI=1S/C9H3BrF3NO3/c10-6-2-1-4(8(15)16)7(5(6)3-14)17-9(11,12)13/h1-2H,(H,15,16). The second-order valence-electron chi connectivity index (χ2n) is 2.76. The van der Waals surface area contributed by atoms with Crippen molar-refractivity contribution < 1.29 is 27.8 Å². The molecule has 1 rings (SSSR count). The minimum atomic E-state index is -5.07. The monoisotopic (exact) mass is 309 g/mol. The fourth-order valence-electron chi connectivity index (χ4n) is 1.05. The van der Waals surface area contributed by atoms with Crippen LogP contribution in [0.25, 0.3) is 0 Å². The van der Waals surface area contributed by atoms with E-state index in [2.05, 4.69) is 20.7 Å². The molecule has 0 heterocycles. The molecule has 0 aliphatic heterocycles. The van der Waals surface area contributed by atoms with Gasteiger partial charge in [0.2, 0.25) is 0 Å². The average Bonchev–Trinajstić information content (AvgIpc) is 2.15. The summed E-state index contributed by atoms with van der Waals surface area (Å²) in [5, 5.41) is 17.4. The predicted octanol–water partition coefficient (Wildman–Crippen LogP) is 2.92. The van der Waals surface area contributed by atoms with Crippen molar-refractivity contribution in [2.75, 3.05) is 0 Å². The summed E-state index contributed by atoms with van der Waals surface area (Å²) in [5.41, 5.74) is -1.26. The Morgan fingerprint density at radius 3 is 2.47 bits per heavy atom. The molecule has 0 atom stereocenters. The third-order valence-corrected chi connectivity index (χ3v) is 2.33. The van der Waals surface area contributed by atoms with Crippen LogP contribution in [-0.4, -0.2) is 17.4 Å². The number of carboxylic acids is 1. The lowest BCUT2D eigenvalue weighted by Gasteiger charge is -2.13. The molecule has 0 aliphatic carbocycles. The minimum Gasteiger partial charge on any atom is -0.478 e. The largest absolute Gasteiger partial charge is 0.573 e. The fourth-order valence-corrected chi connectivity index (χ4v) is 1.45. The Kier molecular flexibility index (Phi) is 3.63. The topological polar surface area (TPSA) is 70.3 Å². The summed E-state index contributed by atoms with van der Waals surface area (Å²) in [6.07, 6.45) is -5.07. The van der Waals surface area contributed by atoms with Gasteiger partial charge in [-0.25, -0.2) is 4.79 Å². The first-order chi connectivity index (χ1) is 7.76. The van der Waals surface area contributed by atoms with Crippen molar-refractivity contribution in [3.05, 3.63) is 27.7 Å². The molecule has 0 amide bonds. The number of nitriles is 1. The van der Waals surface area contributed by atoms with Gasteiger partial charge in [-0.3, -0.25) is 0 Å². The molecule has 1 aromatic rings. The van der Waals surface area contributed by atoms with Crippen molar-refractivity contribution in [2.45, 2.75) is 6.36 Å². The molecule has 0 unspecified atom stereocenters. The highest BCUT2D eigenvalue weighted by Gasteiger charge is 2.35. The number of aromatic carboxylic acids is 1. The lowest BCUT2D eigenvalue weighted by atomic mass is 10.1. The Morgan fingerprint density at radius 1 is 1.47 bits per heavy atom. The van der Waals surface area contributed by atoms with Crippen LogP contribution in [0.15, 0.2) is 16.6 Å². The number of ether oxygens (including phenoxy) is 1. The van der Waals surface area contributed by atoms with E-state index in [9.17, 15) is 18.0 Å². The number of hydrogen-bond donors (Lipinski definition) is 1. The molecule has 4 nitrogen and oxygen atoms in total. The van der Waals surface area contributed by atoms with Crippen molar-refractivity contribution in [1.82, 2.24) is 0 Å². The molecule has 8 heteroatoms. The lowest BCUT2D eigenvalue weighted by molar-refractivity contribution is -0.274. The lowest BCUT2D eigenvalue weighted by Crippen LogP contribution is -2.20. The van der Waals surface area contributed by atoms with Crippen LogP contribution in [0.1, 0.15) is 15.9 Å². The highest BCUT2D eigenvalue weighted by molar-refractivity contribution is 9.10. The molecule has 0 saturated heterocycles. The maximum absolute atomic E-state index is 12.1. The summed E-state index contributed by atoms with van der Waals surface area (Å²) in [6, 6.07) is 3.52. The number of alkyl halides is 3. The first-order valence-electron chi connectivity index (χ1n) is 3.98. The third kappa shape index (κ3) is 3.10. The zero-order valence-corrected chi connectivity index (χ0v) is 9.46. The number of carboxylic acid groups (broad SMARTS) is 1. The molecular weight excluding hydrogens is 307 g/mol. The highest BCUT2D eigenvalue weighted by atomic mass is 79.9. The van der Waals surface area contributed by atoms with E-state index in [0.717, 1.165) is 12.1 Å². The first kappa shape index (κ1) is 13.3. The number of nitrogens with zero attached hydrogens (tertiary/aromatic N) is 1. The molecule has 1 aromatic carbocycles. The maximum atomic E-state index is 12.1. The Labute approximate surface area is 101 Å². The Bertz CT molecular complexity index is 507. The number of hydrogen-bond acceptors (Lipinski definition) is 3. The summed E-state index contributed by atoms with van der Waals surface area (Å²) in [7, 11) is 0. The van der Waals surface area contributed by atoms with E-state index in [0.29, 0.717) is 0 Å². The highest BCUT2D eigenvalue weighted by Crippen LogP contribution is 2.34. The average molecular weight is 310 g/mol. The molecule has 1 N–H and O–H groups in total. The van der Waals surface area contributed by atoms with Gasteiger partial charge in [0.15, 0.2) is 5.75 Å². The molecule has 0 bridgehead atoms. The van der Waals surface area contributed by atoms with E-state index >= 15 is 0 Å². The maximum Gasteiger partial charge on any atom is 0.573 e. The van der Waals surface area contributed by atoms with Crippen molar-refractivity contribution in [1.29, 1.82) is 5.26 Å². The number of rotatable bonds is 2. The van der Waals surface area contributed by atoms with Crippen LogP contribution in [0.3, 0.4) is 0 Å². The molecule has 0 radical (unpaired) electrons. The van der Waals surface area contributed by atoms with E-state index in [1.165, 1.54) is 6.07 Å². The van der Waals surface area contributed by atoms with Gasteiger partial charge in [-0.1, -0.05) is 0 Å². The summed E-state index contributed by atoms with van der Waals surface area (Å²) < 4.78 is 39.9. The zero-order valence-electron chi connectivity index (χ0n) is 7.88. The molecule has 17 heavy (non-hydrogen) atoms. The van der Waals surface area contributed by atoms with Crippen LogP contribution in [0.5, 0.6) is 5.75 Å². The molecule has 0 saturated carbocycles. The number of carbonyl (C=O) groups is 1. The molecule has 90 valence electrons. The van der Waals surface area contributed by atoms with Gasteiger partial charge in [0.05, 0.1) is 0 Å². The summed E-state index contributed by atoms with van der Waals surface area (Å²) in [5.74, 6) is -2.64. The van der Waals surface area contributed by atoms with Gasteiger partial charge in [0.1, 0.15) is 17.2 Å². The molecule has 0 aromatic heterocycles. The van der Waals surface area contributed by atoms with Gasteiger partial charge in [-0.15, -0.1) is 13.2 Å². The van der Waals surface area contributed by atoms with Crippen molar-refractivity contribution >= 4 is 21.9 Å². The van der Waals surface area contributed by atoms with Crippen molar-refractivity contribution in [3.8, 4) is 11.8 Å². The first-order valence-corrected chi connectivity index (χ1v) is 4.77. The zero-order chi connectivity index (χ0) is 13.2. The summed E-state index contributed by atoms with van der Waals surface area (Å²) >= 11 is 2.84. The Morgan fingerprint density at radius 2 is 2.06 bits per heavy atom. The van der Waals surface area contributed by atoms with Gasteiger partial charge < -0.3 is 9.84 Å². The second kappa shape index (κ2) is 4.63. The molecule has 0 aliphatic rings. The smallest absolute Gasteiger partial charge is 0.478 e. The van der Waals surface area contributed by atoms with Gasteiger partial charge in [-0.2, -0.15) is 5.26 Å². The van der Waals surface area contributed by atoms with Gasteiger partial charge in [0.25, 0.3) is 0 Å². The minimum absolute atomic E-state index is 0.0178. The SMILES string of the molecule is N#Cc1c(Br)ccc(C(=O)O)c1OC(F)(F)F. The quantitative estimate of drug-likeness (QED) is 0.912. The van der Waals surface area contributed by atoms with Gasteiger partial charge >= 0.3 is 12.3 Å². The van der Waals surface area contributed by atoms with E-state index in [4.69, 9.17) is 10.4 Å². The van der Waals surface area contributed by atoms with Gasteiger partial charge in [-0.05, 0) is 28.1 Å². The third-order valence-electron chi connectivity index (χ3n) is 1.67. The van der Waals surface area contributed by atoms with E-state index in [-0.39, 0.29) is 4.47 Å². The normalized spacial score (nSPS) is 10.8. The molecule has 0 spiro atoms. The number of halogens is 4. The van der Waals surface area contributed by atoms with Crippen molar-refractivity contribution in [2.24, 2.45) is 0 Å². The predicted molar refractivity (Wildman–Crippen MR) is 52.5 cm³/mol. The summed E-state index contributed by atoms with van der Waals surface area (Å²) in [4.78, 5) is 10.7. The number of benzene rings is 1. The van der Waals surface area contributed by atoms with E-state index in [1.807, 2.05) is 0 Å². The van der Waals surface area contributed by atoms with Crippen LogP contribution in [-0.2, 0) is 0 Å². The van der Waals surface area contributed by atoms with Crippen LogP contribution in [0.4, 0.5) is 13.2 Å². The van der Waals surface area contributed by atoms with Gasteiger partial charge in [0, 0.05) is 4.47 Å². The summed E-state index contributed by atoms with van der Waals surface area (Å²) in [6.45, 7) is 0. The van der Waals surface area contributed by atoms with Crippen LogP contribution in [0, 0.1) is 11.3 Å². The van der Waals surface area contributed by atoms with E-state index < -0.39 is 29.2 Å². The van der Waals surface area contributed by atoms with E-state index in [1.54, 1.807) is 0 Å². The fraction of sp³-hybridized carbons (Fsp3) is 0.111. The molecule has 0 fully saturated rings. The second-order valence-corrected chi connectivity index (χ2v) is 3.62.